The van der Waals surface area contributed by atoms with E-state index in [1.807, 2.05) is 35.7 Å². The first-order valence-corrected chi connectivity index (χ1v) is 8.51. The lowest BCUT2D eigenvalue weighted by Gasteiger charge is -2.09. The molecule has 6 heteroatoms. The van der Waals surface area contributed by atoms with E-state index >= 15 is 0 Å². The first kappa shape index (κ1) is 15.8. The Morgan fingerprint density at radius 1 is 1.29 bits per heavy atom. The summed E-state index contributed by atoms with van der Waals surface area (Å²) in [6, 6.07) is 7.34. The van der Waals surface area contributed by atoms with Crippen LogP contribution >= 0.6 is 23.5 Å². The summed E-state index contributed by atoms with van der Waals surface area (Å²) in [4.78, 5) is 23.1. The number of hydrogen-bond donors (Lipinski definition) is 1. The Kier molecular flexibility index (Phi) is 6.03. The maximum Gasteiger partial charge on any atom is 0.338 e. The molecule has 0 atom stereocenters. The van der Waals surface area contributed by atoms with E-state index in [0.717, 1.165) is 11.5 Å². The van der Waals surface area contributed by atoms with Crippen LogP contribution in [0.25, 0.3) is 0 Å². The van der Waals surface area contributed by atoms with Crippen molar-refractivity contribution in [2.45, 2.75) is 4.58 Å². The van der Waals surface area contributed by atoms with Crippen molar-refractivity contribution in [2.24, 2.45) is 0 Å². The minimum atomic E-state index is -0.510. The standard InChI is InChI=1S/C15H15NO3S2/c1-2-7-16-13(17)10-19-14(18)11-3-5-12(6-4-11)15-20-8-9-21-15/h1,3-6,15H,7-10H2,(H,16,17). The fraction of sp³-hybridized carbons (Fsp3) is 0.333. The van der Waals surface area contributed by atoms with Crippen LogP contribution in [0.15, 0.2) is 24.3 Å². The van der Waals surface area contributed by atoms with Crippen LogP contribution in [0.4, 0.5) is 0 Å². The molecule has 1 amide bonds. The summed E-state index contributed by atoms with van der Waals surface area (Å²) in [5.74, 6) is 3.68. The summed E-state index contributed by atoms with van der Waals surface area (Å²) in [5.41, 5.74) is 1.64. The number of carbonyl (C=O) groups is 2. The molecule has 0 saturated carbocycles. The second-order valence-electron chi connectivity index (χ2n) is 4.25. The minimum Gasteiger partial charge on any atom is -0.452 e. The van der Waals surface area contributed by atoms with Crippen molar-refractivity contribution >= 4 is 35.4 Å². The second-order valence-corrected chi connectivity index (χ2v) is 6.98. The van der Waals surface area contributed by atoms with Crippen LogP contribution in [-0.2, 0) is 9.53 Å². The van der Waals surface area contributed by atoms with E-state index in [1.165, 1.54) is 5.56 Å². The normalized spacial score (nSPS) is 14.4. The van der Waals surface area contributed by atoms with Gasteiger partial charge in [0.1, 0.15) is 0 Å². The summed E-state index contributed by atoms with van der Waals surface area (Å²) >= 11 is 3.82. The minimum absolute atomic E-state index is 0.127. The molecule has 1 saturated heterocycles. The molecule has 0 unspecified atom stereocenters. The molecule has 1 aromatic rings. The number of amides is 1. The van der Waals surface area contributed by atoms with Gasteiger partial charge in [-0.1, -0.05) is 18.1 Å². The van der Waals surface area contributed by atoms with Crippen molar-refractivity contribution in [3.63, 3.8) is 0 Å². The molecule has 0 bridgehead atoms. The van der Waals surface area contributed by atoms with Gasteiger partial charge < -0.3 is 10.1 Å². The lowest BCUT2D eigenvalue weighted by molar-refractivity contribution is -0.123. The third-order valence-electron chi connectivity index (χ3n) is 2.76. The van der Waals surface area contributed by atoms with Crippen LogP contribution in [-0.4, -0.2) is 36.5 Å². The molecule has 21 heavy (non-hydrogen) atoms. The Morgan fingerprint density at radius 2 is 1.95 bits per heavy atom. The molecule has 1 heterocycles. The third kappa shape index (κ3) is 4.73. The van der Waals surface area contributed by atoms with E-state index < -0.39 is 11.9 Å². The first-order valence-electron chi connectivity index (χ1n) is 6.41. The highest BCUT2D eigenvalue weighted by Crippen LogP contribution is 2.45. The molecule has 0 aliphatic carbocycles. The zero-order chi connectivity index (χ0) is 15.1. The van der Waals surface area contributed by atoms with Crippen LogP contribution in [0.3, 0.4) is 0 Å². The zero-order valence-electron chi connectivity index (χ0n) is 11.3. The van der Waals surface area contributed by atoms with Crippen LogP contribution in [0.1, 0.15) is 20.5 Å². The van der Waals surface area contributed by atoms with Gasteiger partial charge in [-0.05, 0) is 17.7 Å². The zero-order valence-corrected chi connectivity index (χ0v) is 13.0. The van der Waals surface area contributed by atoms with Crippen LogP contribution in [0.2, 0.25) is 0 Å². The van der Waals surface area contributed by atoms with Crippen molar-refractivity contribution < 1.29 is 14.3 Å². The maximum atomic E-state index is 11.8. The maximum absolute atomic E-state index is 11.8. The predicted octanol–water partition coefficient (Wildman–Crippen LogP) is 2.07. The van der Waals surface area contributed by atoms with Crippen molar-refractivity contribution in [3.05, 3.63) is 35.4 Å². The second kappa shape index (κ2) is 8.01. The number of rotatable bonds is 5. The highest BCUT2D eigenvalue weighted by Gasteiger charge is 2.18. The highest BCUT2D eigenvalue weighted by atomic mass is 32.2. The van der Waals surface area contributed by atoms with E-state index in [-0.39, 0.29) is 13.2 Å². The Bertz CT molecular complexity index is 545. The van der Waals surface area contributed by atoms with Gasteiger partial charge in [0.05, 0.1) is 16.7 Å². The Morgan fingerprint density at radius 3 is 2.57 bits per heavy atom. The smallest absolute Gasteiger partial charge is 0.338 e. The molecule has 0 radical (unpaired) electrons. The summed E-state index contributed by atoms with van der Waals surface area (Å²) in [6.07, 6.45) is 5.01. The van der Waals surface area contributed by atoms with Gasteiger partial charge >= 0.3 is 5.97 Å². The molecule has 1 aliphatic heterocycles. The van der Waals surface area contributed by atoms with E-state index in [9.17, 15) is 9.59 Å². The predicted molar refractivity (Wildman–Crippen MR) is 86.2 cm³/mol. The molecule has 0 aromatic heterocycles. The molecule has 1 N–H and O–H groups in total. The van der Waals surface area contributed by atoms with Gasteiger partial charge in [0.2, 0.25) is 0 Å². The van der Waals surface area contributed by atoms with E-state index in [1.54, 1.807) is 12.1 Å². The Labute approximate surface area is 132 Å². The van der Waals surface area contributed by atoms with Gasteiger partial charge in [0, 0.05) is 11.5 Å². The Hall–Kier alpha value is -1.58. The van der Waals surface area contributed by atoms with Gasteiger partial charge in [0.25, 0.3) is 5.91 Å². The van der Waals surface area contributed by atoms with Crippen molar-refractivity contribution in [3.8, 4) is 12.3 Å². The van der Waals surface area contributed by atoms with E-state index in [2.05, 4.69) is 11.2 Å². The van der Waals surface area contributed by atoms with Crippen molar-refractivity contribution in [2.75, 3.05) is 24.7 Å². The quantitative estimate of drug-likeness (QED) is 0.665. The summed E-state index contributed by atoms with van der Waals surface area (Å²) in [5, 5.41) is 2.43. The largest absolute Gasteiger partial charge is 0.452 e. The van der Waals surface area contributed by atoms with Crippen LogP contribution in [0, 0.1) is 12.3 Å². The fourth-order valence-electron chi connectivity index (χ4n) is 1.74. The summed E-state index contributed by atoms with van der Waals surface area (Å²) in [7, 11) is 0. The average molecular weight is 321 g/mol. The number of ether oxygens (including phenoxy) is 1. The number of hydrogen-bond acceptors (Lipinski definition) is 5. The molecule has 1 fully saturated rings. The van der Waals surface area contributed by atoms with Crippen molar-refractivity contribution in [1.29, 1.82) is 0 Å². The molecule has 2 rings (SSSR count). The van der Waals surface area contributed by atoms with Gasteiger partial charge in [-0.25, -0.2) is 4.79 Å². The number of esters is 1. The van der Waals surface area contributed by atoms with Crippen LogP contribution in [0.5, 0.6) is 0 Å². The number of benzene rings is 1. The SMILES string of the molecule is C#CCNC(=O)COC(=O)c1ccc(C2SCCS2)cc1. The van der Waals surface area contributed by atoms with Crippen molar-refractivity contribution in [1.82, 2.24) is 5.32 Å². The monoisotopic (exact) mass is 321 g/mol. The highest BCUT2D eigenvalue weighted by molar-refractivity contribution is 8.19. The molecule has 1 aliphatic rings. The number of carbonyl (C=O) groups excluding carboxylic acids is 2. The summed E-state index contributed by atoms with van der Waals surface area (Å²) < 4.78 is 5.37. The third-order valence-corrected chi connectivity index (χ3v) is 5.87. The molecular weight excluding hydrogens is 306 g/mol. The molecule has 0 spiro atoms. The number of nitrogens with one attached hydrogen (secondary N) is 1. The topological polar surface area (TPSA) is 55.4 Å². The van der Waals surface area contributed by atoms with Gasteiger partial charge in [-0.3, -0.25) is 4.79 Å². The molecule has 4 nitrogen and oxygen atoms in total. The van der Waals surface area contributed by atoms with Gasteiger partial charge in [0.15, 0.2) is 6.61 Å². The Balaban J connectivity index is 1.85. The lowest BCUT2D eigenvalue weighted by Crippen LogP contribution is -2.28. The van der Waals surface area contributed by atoms with Gasteiger partial charge in [-0.15, -0.1) is 29.9 Å². The lowest BCUT2D eigenvalue weighted by atomic mass is 10.1. The number of thioether (sulfide) groups is 2. The average Bonchev–Trinajstić information content (AvgIpc) is 3.05. The molecule has 110 valence electrons. The van der Waals surface area contributed by atoms with Crippen LogP contribution < -0.4 is 5.32 Å². The summed E-state index contributed by atoms with van der Waals surface area (Å²) in [6.45, 7) is -0.196. The van der Waals surface area contributed by atoms with Gasteiger partial charge in [-0.2, -0.15) is 0 Å². The molecule has 1 aromatic carbocycles. The fourth-order valence-corrected chi connectivity index (χ4v) is 4.60. The van der Waals surface area contributed by atoms with E-state index in [0.29, 0.717) is 10.1 Å². The van der Waals surface area contributed by atoms with E-state index in [4.69, 9.17) is 11.2 Å². The first-order chi connectivity index (χ1) is 10.2. The number of terminal acetylenes is 1. The molecular formula is C15H15NO3S2.